The molecule has 1 fully saturated rings. The predicted molar refractivity (Wildman–Crippen MR) is 74.6 cm³/mol. The first-order valence-electron chi connectivity index (χ1n) is 7.07. The second-order valence-electron chi connectivity index (χ2n) is 5.28. The molecule has 3 nitrogen and oxygen atoms in total. The summed E-state index contributed by atoms with van der Waals surface area (Å²) in [7, 11) is 0. The number of amides is 2. The van der Waals surface area contributed by atoms with Gasteiger partial charge in [-0.3, -0.25) is 0 Å². The average molecular weight is 282 g/mol. The van der Waals surface area contributed by atoms with E-state index in [1.807, 2.05) is 0 Å². The van der Waals surface area contributed by atoms with Gasteiger partial charge in [-0.25, -0.2) is 13.6 Å². The van der Waals surface area contributed by atoms with Crippen molar-refractivity contribution in [1.29, 1.82) is 0 Å². The van der Waals surface area contributed by atoms with E-state index in [2.05, 4.69) is 19.2 Å². The Labute approximate surface area is 118 Å². The lowest BCUT2D eigenvalue weighted by Gasteiger charge is -2.24. The summed E-state index contributed by atoms with van der Waals surface area (Å²) in [5.41, 5.74) is 0.281. The number of nitrogens with zero attached hydrogens (tertiary/aromatic N) is 1. The Kier molecular flexibility index (Phi) is 4.57. The average Bonchev–Trinajstić information content (AvgIpc) is 2.86. The van der Waals surface area contributed by atoms with Gasteiger partial charge < -0.3 is 10.2 Å². The fourth-order valence-electron chi connectivity index (χ4n) is 2.71. The van der Waals surface area contributed by atoms with E-state index >= 15 is 0 Å². The van der Waals surface area contributed by atoms with Crippen LogP contribution in [0.25, 0.3) is 0 Å². The smallest absolute Gasteiger partial charge is 0.321 e. The molecular weight excluding hydrogens is 262 g/mol. The van der Waals surface area contributed by atoms with Crippen molar-refractivity contribution in [2.24, 2.45) is 5.92 Å². The highest BCUT2D eigenvalue weighted by Crippen LogP contribution is 2.28. The van der Waals surface area contributed by atoms with Crippen molar-refractivity contribution >= 4 is 11.7 Å². The summed E-state index contributed by atoms with van der Waals surface area (Å²) >= 11 is 0. The van der Waals surface area contributed by atoms with E-state index in [1.165, 1.54) is 6.07 Å². The third-order valence-electron chi connectivity index (χ3n) is 3.98. The number of halogens is 2. The van der Waals surface area contributed by atoms with E-state index in [9.17, 15) is 13.6 Å². The van der Waals surface area contributed by atoms with Crippen molar-refractivity contribution < 1.29 is 13.6 Å². The van der Waals surface area contributed by atoms with Crippen LogP contribution in [0, 0.1) is 17.6 Å². The van der Waals surface area contributed by atoms with Crippen molar-refractivity contribution in [2.45, 2.75) is 39.2 Å². The molecule has 0 aromatic heterocycles. The number of rotatable bonds is 3. The van der Waals surface area contributed by atoms with E-state index < -0.39 is 11.6 Å². The fourth-order valence-corrected chi connectivity index (χ4v) is 2.71. The van der Waals surface area contributed by atoms with E-state index in [-0.39, 0.29) is 17.8 Å². The van der Waals surface area contributed by atoms with Crippen molar-refractivity contribution in [3.05, 3.63) is 29.8 Å². The van der Waals surface area contributed by atoms with Crippen molar-refractivity contribution in [2.75, 3.05) is 11.9 Å². The maximum absolute atomic E-state index is 13.1. The standard InChI is InChI=1S/C15H20F2N2O/c1-3-10-7-12(4-2)19(9-10)15(20)18-11-5-6-13(16)14(17)8-11/h5-6,8,10,12H,3-4,7,9H2,1-2H3,(H,18,20). The molecule has 0 aliphatic carbocycles. The number of benzene rings is 1. The highest BCUT2D eigenvalue weighted by Gasteiger charge is 2.33. The molecule has 0 bridgehead atoms. The predicted octanol–water partition coefficient (Wildman–Crippen LogP) is 4.01. The molecule has 2 rings (SSSR count). The number of carbonyl (C=O) groups excluding carboxylic acids is 1. The first kappa shape index (κ1) is 14.8. The minimum Gasteiger partial charge on any atom is -0.321 e. The Hall–Kier alpha value is -1.65. The van der Waals surface area contributed by atoms with Gasteiger partial charge in [-0.05, 0) is 30.9 Å². The molecule has 1 aromatic rings. The minimum atomic E-state index is -0.956. The molecule has 2 amide bonds. The zero-order valence-electron chi connectivity index (χ0n) is 11.8. The molecule has 2 atom stereocenters. The summed E-state index contributed by atoms with van der Waals surface area (Å²) < 4.78 is 26.0. The first-order chi connectivity index (χ1) is 9.55. The number of nitrogens with one attached hydrogen (secondary N) is 1. The summed E-state index contributed by atoms with van der Waals surface area (Å²) in [6, 6.07) is 3.37. The SMILES string of the molecule is CCC1CC(CC)N(C(=O)Nc2ccc(F)c(F)c2)C1. The molecule has 1 aliphatic heterocycles. The van der Waals surface area contributed by atoms with Crippen LogP contribution in [0.5, 0.6) is 0 Å². The fraction of sp³-hybridized carbons (Fsp3) is 0.533. The Morgan fingerprint density at radius 2 is 2.05 bits per heavy atom. The lowest BCUT2D eigenvalue weighted by molar-refractivity contribution is 0.204. The molecule has 0 spiro atoms. The Morgan fingerprint density at radius 3 is 2.65 bits per heavy atom. The maximum atomic E-state index is 13.1. The number of carbonyl (C=O) groups is 1. The normalized spacial score (nSPS) is 22.1. The molecule has 1 saturated heterocycles. The Balaban J connectivity index is 2.05. The molecule has 1 aliphatic rings. The number of hydrogen-bond acceptors (Lipinski definition) is 1. The van der Waals surface area contributed by atoms with Crippen LogP contribution in [-0.4, -0.2) is 23.5 Å². The summed E-state index contributed by atoms with van der Waals surface area (Å²) in [4.78, 5) is 14.0. The highest BCUT2D eigenvalue weighted by atomic mass is 19.2. The summed E-state index contributed by atoms with van der Waals surface area (Å²) in [5, 5.41) is 2.64. The van der Waals surface area contributed by atoms with Crippen LogP contribution < -0.4 is 5.32 Å². The molecule has 2 unspecified atom stereocenters. The summed E-state index contributed by atoms with van der Waals surface area (Å²) in [6.45, 7) is 4.90. The van der Waals surface area contributed by atoms with E-state index in [1.54, 1.807) is 4.90 Å². The van der Waals surface area contributed by atoms with Crippen LogP contribution in [0.4, 0.5) is 19.3 Å². The topological polar surface area (TPSA) is 32.3 Å². The van der Waals surface area contributed by atoms with Crippen molar-refractivity contribution in [1.82, 2.24) is 4.90 Å². The molecule has 0 saturated carbocycles. The lowest BCUT2D eigenvalue weighted by Crippen LogP contribution is -2.38. The molecular formula is C15H20F2N2O. The van der Waals surface area contributed by atoms with Gasteiger partial charge in [-0.1, -0.05) is 20.3 Å². The molecule has 110 valence electrons. The second-order valence-corrected chi connectivity index (χ2v) is 5.28. The number of hydrogen-bond donors (Lipinski definition) is 1. The summed E-state index contributed by atoms with van der Waals surface area (Å²) in [5.74, 6) is -1.35. The Bertz CT molecular complexity index is 493. The van der Waals surface area contributed by atoms with E-state index in [4.69, 9.17) is 0 Å². The van der Waals surface area contributed by atoms with Gasteiger partial charge in [0.15, 0.2) is 11.6 Å². The zero-order valence-corrected chi connectivity index (χ0v) is 11.8. The molecule has 1 N–H and O–H groups in total. The van der Waals surface area contributed by atoms with Gasteiger partial charge in [0.2, 0.25) is 0 Å². The largest absolute Gasteiger partial charge is 0.322 e. The van der Waals surface area contributed by atoms with Crippen molar-refractivity contribution in [3.63, 3.8) is 0 Å². The van der Waals surface area contributed by atoms with Gasteiger partial charge in [0.05, 0.1) is 0 Å². The van der Waals surface area contributed by atoms with E-state index in [0.29, 0.717) is 5.92 Å². The number of likely N-dealkylation sites (tertiary alicyclic amines) is 1. The van der Waals surface area contributed by atoms with Crippen LogP contribution in [0.15, 0.2) is 18.2 Å². The zero-order chi connectivity index (χ0) is 14.7. The maximum Gasteiger partial charge on any atom is 0.322 e. The minimum absolute atomic E-state index is 0.227. The molecule has 1 heterocycles. The van der Waals surface area contributed by atoms with Crippen molar-refractivity contribution in [3.8, 4) is 0 Å². The van der Waals surface area contributed by atoms with Gasteiger partial charge >= 0.3 is 6.03 Å². The van der Waals surface area contributed by atoms with E-state index in [0.717, 1.165) is 37.9 Å². The van der Waals surface area contributed by atoms with Crippen LogP contribution in [0.3, 0.4) is 0 Å². The van der Waals surface area contributed by atoms with Crippen LogP contribution in [0.2, 0.25) is 0 Å². The Morgan fingerprint density at radius 1 is 1.30 bits per heavy atom. The number of anilines is 1. The molecule has 1 aromatic carbocycles. The van der Waals surface area contributed by atoms with Crippen LogP contribution >= 0.6 is 0 Å². The highest BCUT2D eigenvalue weighted by molar-refractivity contribution is 5.89. The van der Waals surface area contributed by atoms with Crippen LogP contribution in [-0.2, 0) is 0 Å². The quantitative estimate of drug-likeness (QED) is 0.892. The third-order valence-corrected chi connectivity index (χ3v) is 3.98. The lowest BCUT2D eigenvalue weighted by atomic mass is 10.0. The molecule has 5 heteroatoms. The van der Waals surface area contributed by atoms with Gasteiger partial charge in [0.1, 0.15) is 0 Å². The summed E-state index contributed by atoms with van der Waals surface area (Å²) in [6.07, 6.45) is 2.96. The first-order valence-corrected chi connectivity index (χ1v) is 7.07. The monoisotopic (exact) mass is 282 g/mol. The molecule has 0 radical (unpaired) electrons. The van der Waals surface area contributed by atoms with Gasteiger partial charge in [0.25, 0.3) is 0 Å². The van der Waals surface area contributed by atoms with Gasteiger partial charge in [0, 0.05) is 24.3 Å². The van der Waals surface area contributed by atoms with Gasteiger partial charge in [-0.15, -0.1) is 0 Å². The molecule has 20 heavy (non-hydrogen) atoms. The van der Waals surface area contributed by atoms with Gasteiger partial charge in [-0.2, -0.15) is 0 Å². The third kappa shape index (κ3) is 3.08. The van der Waals surface area contributed by atoms with Crippen LogP contribution in [0.1, 0.15) is 33.1 Å². The second kappa shape index (κ2) is 6.20. The number of urea groups is 1.